The highest BCUT2D eigenvalue weighted by Gasteiger charge is 2.28. The zero-order chi connectivity index (χ0) is 15.5. The maximum absolute atomic E-state index is 12.0. The fourth-order valence-corrected chi connectivity index (χ4v) is 2.29. The van der Waals surface area contributed by atoms with Crippen LogP contribution in [0.25, 0.3) is 11.3 Å². The van der Waals surface area contributed by atoms with Crippen molar-refractivity contribution in [2.24, 2.45) is 0 Å². The molecule has 4 nitrogen and oxygen atoms in total. The number of nitrogens with one attached hydrogen (secondary N) is 1. The molecular weight excluding hydrogens is 303 g/mol. The van der Waals surface area contributed by atoms with Gasteiger partial charge in [0.15, 0.2) is 5.13 Å². The molecule has 0 aliphatic carbocycles. The third kappa shape index (κ3) is 4.75. The lowest BCUT2D eigenvalue weighted by Gasteiger charge is -2.05. The van der Waals surface area contributed by atoms with Crippen LogP contribution in [0.1, 0.15) is 12.8 Å². The summed E-state index contributed by atoms with van der Waals surface area (Å²) in [5.74, 6) is -0.703. The van der Waals surface area contributed by atoms with Crippen molar-refractivity contribution in [3.8, 4) is 11.3 Å². The third-order valence-electron chi connectivity index (χ3n) is 2.59. The number of amides is 1. The summed E-state index contributed by atoms with van der Waals surface area (Å²) >= 11 is 1.15. The predicted octanol–water partition coefficient (Wildman–Crippen LogP) is 3.67. The molecule has 1 heterocycles. The summed E-state index contributed by atoms with van der Waals surface area (Å²) in [6.45, 7) is 0. The Balaban J connectivity index is 1.97. The van der Waals surface area contributed by atoms with E-state index in [0.29, 0.717) is 11.4 Å². The zero-order valence-corrected chi connectivity index (χ0v) is 11.6. The van der Waals surface area contributed by atoms with E-state index in [2.05, 4.69) is 10.3 Å². The maximum Gasteiger partial charge on any atom is 0.389 e. The number of halogens is 3. The summed E-state index contributed by atoms with van der Waals surface area (Å²) in [6, 6.07) is 6.99. The van der Waals surface area contributed by atoms with Gasteiger partial charge in [-0.2, -0.15) is 13.2 Å². The van der Waals surface area contributed by atoms with Gasteiger partial charge in [-0.25, -0.2) is 4.98 Å². The lowest BCUT2D eigenvalue weighted by atomic mass is 10.1. The van der Waals surface area contributed by atoms with E-state index in [-0.39, 0.29) is 5.13 Å². The van der Waals surface area contributed by atoms with Gasteiger partial charge >= 0.3 is 6.18 Å². The van der Waals surface area contributed by atoms with E-state index >= 15 is 0 Å². The second-order valence-corrected chi connectivity index (χ2v) is 5.18. The molecule has 0 aliphatic heterocycles. The Bertz CT molecular complexity index is 622. The van der Waals surface area contributed by atoms with Crippen LogP contribution in [0.5, 0.6) is 0 Å². The standard InChI is InChI=1S/C13H12F3N3OS/c14-13(15,16)6-5-11(20)19-12-18-10(7-21-12)8-1-3-9(17)4-2-8/h1-4,7H,5-6,17H2,(H,18,19,20). The van der Waals surface area contributed by atoms with Crippen LogP contribution in [0.2, 0.25) is 0 Å². The van der Waals surface area contributed by atoms with E-state index in [4.69, 9.17) is 5.73 Å². The molecule has 0 aliphatic rings. The Labute approximate surface area is 122 Å². The molecule has 0 spiro atoms. The molecule has 0 saturated heterocycles. The summed E-state index contributed by atoms with van der Waals surface area (Å²) < 4.78 is 36.0. The van der Waals surface area contributed by atoms with E-state index < -0.39 is 24.9 Å². The Hall–Kier alpha value is -2.09. The molecule has 21 heavy (non-hydrogen) atoms. The van der Waals surface area contributed by atoms with Crippen molar-refractivity contribution in [1.82, 2.24) is 4.98 Å². The zero-order valence-electron chi connectivity index (χ0n) is 10.8. The van der Waals surface area contributed by atoms with Gasteiger partial charge < -0.3 is 11.1 Å². The second kappa shape index (κ2) is 6.13. The number of nitrogen functional groups attached to an aromatic ring is 1. The van der Waals surface area contributed by atoms with Crippen LogP contribution in [0.3, 0.4) is 0 Å². The number of carbonyl (C=O) groups excluding carboxylic acids is 1. The first kappa shape index (κ1) is 15.3. The Morgan fingerprint density at radius 2 is 1.95 bits per heavy atom. The first-order valence-corrected chi connectivity index (χ1v) is 6.89. The van der Waals surface area contributed by atoms with Gasteiger partial charge in [-0.3, -0.25) is 4.79 Å². The highest BCUT2D eigenvalue weighted by Crippen LogP contribution is 2.26. The fourth-order valence-electron chi connectivity index (χ4n) is 1.55. The molecule has 0 bridgehead atoms. The van der Waals surface area contributed by atoms with Crippen LogP contribution >= 0.6 is 11.3 Å². The van der Waals surface area contributed by atoms with Gasteiger partial charge in [0.2, 0.25) is 5.91 Å². The van der Waals surface area contributed by atoms with Gasteiger partial charge in [0, 0.05) is 23.1 Å². The molecule has 0 saturated carbocycles. The Morgan fingerprint density at radius 1 is 1.29 bits per heavy atom. The van der Waals surface area contributed by atoms with Crippen LogP contribution in [-0.2, 0) is 4.79 Å². The molecule has 112 valence electrons. The lowest BCUT2D eigenvalue weighted by Crippen LogP contribution is -2.16. The van der Waals surface area contributed by atoms with E-state index in [1.54, 1.807) is 29.6 Å². The van der Waals surface area contributed by atoms with Gasteiger partial charge in [0.25, 0.3) is 0 Å². The molecule has 1 aromatic heterocycles. The topological polar surface area (TPSA) is 68.0 Å². The number of benzene rings is 1. The minimum absolute atomic E-state index is 0.272. The molecule has 1 aromatic carbocycles. The highest BCUT2D eigenvalue weighted by atomic mass is 32.1. The number of nitrogens with zero attached hydrogens (tertiary/aromatic N) is 1. The van der Waals surface area contributed by atoms with E-state index in [0.717, 1.165) is 16.9 Å². The minimum atomic E-state index is -4.34. The summed E-state index contributed by atoms with van der Waals surface area (Å²) in [6.07, 6.45) is -6.09. The molecule has 0 unspecified atom stereocenters. The van der Waals surface area contributed by atoms with Crippen molar-refractivity contribution >= 4 is 28.1 Å². The number of rotatable bonds is 4. The van der Waals surface area contributed by atoms with E-state index in [1.165, 1.54) is 0 Å². The van der Waals surface area contributed by atoms with Crippen LogP contribution in [0, 0.1) is 0 Å². The number of anilines is 2. The summed E-state index contributed by atoms with van der Waals surface area (Å²) in [7, 11) is 0. The molecule has 1 amide bonds. The van der Waals surface area contributed by atoms with Crippen molar-refractivity contribution in [3.63, 3.8) is 0 Å². The average Bonchev–Trinajstić information content (AvgIpc) is 2.85. The van der Waals surface area contributed by atoms with Crippen molar-refractivity contribution in [2.75, 3.05) is 11.1 Å². The van der Waals surface area contributed by atoms with Crippen LogP contribution in [0.15, 0.2) is 29.6 Å². The normalized spacial score (nSPS) is 11.4. The average molecular weight is 315 g/mol. The van der Waals surface area contributed by atoms with Crippen molar-refractivity contribution in [1.29, 1.82) is 0 Å². The largest absolute Gasteiger partial charge is 0.399 e. The number of hydrogen-bond acceptors (Lipinski definition) is 4. The second-order valence-electron chi connectivity index (χ2n) is 4.32. The molecule has 8 heteroatoms. The summed E-state index contributed by atoms with van der Waals surface area (Å²) in [5.41, 5.74) is 7.64. The van der Waals surface area contributed by atoms with E-state index in [9.17, 15) is 18.0 Å². The van der Waals surface area contributed by atoms with Crippen molar-refractivity contribution in [2.45, 2.75) is 19.0 Å². The Morgan fingerprint density at radius 3 is 2.57 bits per heavy atom. The number of carbonyl (C=O) groups is 1. The molecule has 2 aromatic rings. The van der Waals surface area contributed by atoms with Gasteiger partial charge in [-0.05, 0) is 12.1 Å². The smallest absolute Gasteiger partial charge is 0.389 e. The monoisotopic (exact) mass is 315 g/mol. The summed E-state index contributed by atoms with van der Waals surface area (Å²) in [5, 5.41) is 4.35. The lowest BCUT2D eigenvalue weighted by molar-refractivity contribution is -0.142. The number of thiazole rings is 1. The van der Waals surface area contributed by atoms with Crippen molar-refractivity contribution in [3.05, 3.63) is 29.6 Å². The number of aromatic nitrogens is 1. The number of alkyl halides is 3. The first-order valence-electron chi connectivity index (χ1n) is 6.01. The molecule has 0 atom stereocenters. The van der Waals surface area contributed by atoms with Gasteiger partial charge in [0.1, 0.15) is 0 Å². The fraction of sp³-hybridized carbons (Fsp3) is 0.231. The van der Waals surface area contributed by atoms with Gasteiger partial charge in [-0.15, -0.1) is 11.3 Å². The first-order chi connectivity index (χ1) is 9.83. The van der Waals surface area contributed by atoms with Crippen molar-refractivity contribution < 1.29 is 18.0 Å². The summed E-state index contributed by atoms with van der Waals surface area (Å²) in [4.78, 5) is 15.5. The molecular formula is C13H12F3N3OS. The third-order valence-corrected chi connectivity index (χ3v) is 3.35. The highest BCUT2D eigenvalue weighted by molar-refractivity contribution is 7.14. The van der Waals surface area contributed by atoms with Gasteiger partial charge in [-0.1, -0.05) is 12.1 Å². The molecule has 0 fully saturated rings. The quantitative estimate of drug-likeness (QED) is 0.846. The van der Waals surface area contributed by atoms with E-state index in [1.807, 2.05) is 0 Å². The molecule has 2 rings (SSSR count). The van der Waals surface area contributed by atoms with Gasteiger partial charge in [0.05, 0.1) is 12.1 Å². The van der Waals surface area contributed by atoms with Crippen LogP contribution in [-0.4, -0.2) is 17.1 Å². The number of nitrogens with two attached hydrogens (primary N) is 1. The number of hydrogen-bond donors (Lipinski definition) is 2. The van der Waals surface area contributed by atoms with Crippen LogP contribution in [0.4, 0.5) is 24.0 Å². The molecule has 0 radical (unpaired) electrons. The maximum atomic E-state index is 12.0. The predicted molar refractivity (Wildman–Crippen MR) is 75.9 cm³/mol. The molecule has 3 N–H and O–H groups in total. The minimum Gasteiger partial charge on any atom is -0.399 e. The van der Waals surface area contributed by atoms with Crippen LogP contribution < -0.4 is 11.1 Å². The SMILES string of the molecule is Nc1ccc(-c2csc(NC(=O)CCC(F)(F)F)n2)cc1. The Kier molecular flexibility index (Phi) is 4.46.